The van der Waals surface area contributed by atoms with Crippen molar-refractivity contribution in [3.8, 4) is 40.1 Å². The average Bonchev–Trinajstić information content (AvgIpc) is 4.12. The first-order valence-corrected chi connectivity index (χ1v) is 23.2. The van der Waals surface area contributed by atoms with Crippen LogP contribution in [0.4, 0.5) is 27.4 Å². The number of rotatable bonds is 18. The predicted octanol–water partition coefficient (Wildman–Crippen LogP) is 9.73. The molecule has 0 spiro atoms. The van der Waals surface area contributed by atoms with Crippen molar-refractivity contribution in [3.63, 3.8) is 0 Å². The van der Waals surface area contributed by atoms with Gasteiger partial charge in [-0.15, -0.1) is 0 Å². The summed E-state index contributed by atoms with van der Waals surface area (Å²) in [6.45, 7) is 11.1. The van der Waals surface area contributed by atoms with Gasteiger partial charge in [0.2, 0.25) is 17.7 Å². The zero-order valence-corrected chi connectivity index (χ0v) is 40.8. The summed E-state index contributed by atoms with van der Waals surface area (Å²) >= 11 is 0. The van der Waals surface area contributed by atoms with Crippen LogP contribution in [0.1, 0.15) is 25.0 Å². The second-order valence-electron chi connectivity index (χ2n) is 17.4. The molecule has 0 unspecified atom stereocenters. The molecule has 1 aliphatic rings. The number of H-pyrrole nitrogens is 1. The number of aryl methyl sites for hydroxylation is 2. The largest absolute Gasteiger partial charge is 0.494 e. The second-order valence-corrected chi connectivity index (χ2v) is 17.4. The molecule has 1 saturated heterocycles. The van der Waals surface area contributed by atoms with Crippen LogP contribution in [0.5, 0.6) is 28.9 Å². The number of aromatic nitrogens is 6. The minimum Gasteiger partial charge on any atom is -0.494 e. The lowest BCUT2D eigenvalue weighted by Gasteiger charge is -2.26. The number of aromatic amines is 1. The molecule has 8 aromatic rings. The van der Waals surface area contributed by atoms with Crippen LogP contribution >= 0.6 is 0 Å². The molecule has 17 heteroatoms. The van der Waals surface area contributed by atoms with E-state index in [1.165, 1.54) is 38.3 Å². The van der Waals surface area contributed by atoms with Gasteiger partial charge in [0.25, 0.3) is 0 Å². The minimum absolute atomic E-state index is 0.0997. The van der Waals surface area contributed by atoms with Gasteiger partial charge >= 0.3 is 0 Å². The molecule has 16 nitrogen and oxygen atoms in total. The first-order chi connectivity index (χ1) is 33.9. The number of carbonyl (C=O) groups is 1. The summed E-state index contributed by atoms with van der Waals surface area (Å²) in [6.07, 6.45) is 9.95. The molecule has 4 aromatic heterocycles. The summed E-state index contributed by atoms with van der Waals surface area (Å²) in [4.78, 5) is 39.8. The number of carbonyl (C=O) groups excluding carboxylic acids is 1. The molecule has 9 rings (SSSR count). The molecule has 1 fully saturated rings. The highest BCUT2D eigenvalue weighted by Crippen LogP contribution is 2.40. The van der Waals surface area contributed by atoms with Crippen LogP contribution in [-0.4, -0.2) is 120 Å². The van der Waals surface area contributed by atoms with Gasteiger partial charge in [0.05, 0.1) is 54.5 Å². The number of ether oxygens (including phenoxy) is 4. The van der Waals surface area contributed by atoms with Gasteiger partial charge in [-0.05, 0) is 102 Å². The Bertz CT molecular complexity index is 3130. The number of benzene rings is 4. The number of amides is 1. The van der Waals surface area contributed by atoms with Crippen LogP contribution in [0, 0.1) is 12.7 Å². The maximum atomic E-state index is 15.0. The highest BCUT2D eigenvalue weighted by Gasteiger charge is 2.20. The molecule has 1 aliphatic heterocycles. The zero-order valence-electron chi connectivity index (χ0n) is 40.8. The maximum absolute atomic E-state index is 15.0. The molecule has 0 radical (unpaired) electrons. The highest BCUT2D eigenvalue weighted by molar-refractivity contribution is 6.02. The van der Waals surface area contributed by atoms with E-state index in [1.54, 1.807) is 44.7 Å². The molecule has 1 amide bonds. The number of nitrogens with one attached hydrogen (secondary N) is 3. The van der Waals surface area contributed by atoms with Crippen LogP contribution in [0.25, 0.3) is 44.0 Å². The summed E-state index contributed by atoms with van der Waals surface area (Å²) in [5.41, 5.74) is 7.26. The van der Waals surface area contributed by atoms with Gasteiger partial charge < -0.3 is 53.8 Å². The Morgan fingerprint density at radius 1 is 0.886 bits per heavy atom. The quantitative estimate of drug-likeness (QED) is 0.0552. The number of likely N-dealkylation sites (N-methyl/N-ethyl adjacent to an activating group) is 2. The monoisotopic (exact) mass is 949 g/mol. The number of methoxy groups -OCH3 is 2. The van der Waals surface area contributed by atoms with Crippen LogP contribution in [0.2, 0.25) is 0 Å². The van der Waals surface area contributed by atoms with Crippen LogP contribution in [0.3, 0.4) is 0 Å². The van der Waals surface area contributed by atoms with Crippen LogP contribution in [-0.2, 0) is 11.8 Å². The highest BCUT2D eigenvalue weighted by atomic mass is 19.1. The number of anilines is 4. The fourth-order valence-corrected chi connectivity index (χ4v) is 8.48. The van der Waals surface area contributed by atoms with Gasteiger partial charge in [0, 0.05) is 91.3 Å². The number of hydrogen-bond donors (Lipinski definition) is 3. The Morgan fingerprint density at radius 2 is 1.69 bits per heavy atom. The van der Waals surface area contributed by atoms with E-state index < -0.39 is 5.82 Å². The van der Waals surface area contributed by atoms with Crippen molar-refractivity contribution in [2.75, 3.05) is 90.2 Å². The number of para-hydroxylation sites is 1. The van der Waals surface area contributed by atoms with E-state index in [9.17, 15) is 4.79 Å². The zero-order chi connectivity index (χ0) is 49.3. The molecule has 4 aromatic carbocycles. The Balaban J connectivity index is 0.000000189. The molecule has 70 heavy (non-hydrogen) atoms. The van der Waals surface area contributed by atoms with E-state index in [1.807, 2.05) is 71.5 Å². The van der Waals surface area contributed by atoms with E-state index in [0.717, 1.165) is 65.1 Å². The Morgan fingerprint density at radius 3 is 2.46 bits per heavy atom. The molecule has 364 valence electrons. The van der Waals surface area contributed by atoms with E-state index in [0.29, 0.717) is 57.5 Å². The standard InChI is InChI=1S/C28H33N7O2.C25H27FN4O3/c1-7-27(36)30-22-16-23(26(37-6)17-25(22)34(4)15-14-33(2)3)32-28-29-13-12-21(31-28)20-18-35(5)24-11-9-8-10-19(20)24;1-16-12-17-19(29-16)6-7-21(24(17)26)33-25-18-13-22(31-2)23(14-20(18)27-15-28-25)32-11-5-10-30-8-3-4-9-30/h7-13,16-18H,1,14-15H2,2-6H3,(H,30,36)(H,29,31,32);6-7,12-15,29H,3-5,8-11H2,1-2H3. The molecule has 0 atom stereocenters. The molecular weight excluding hydrogens is 890 g/mol. The Kier molecular flexibility index (Phi) is 15.4. The topological polar surface area (TPSA) is 160 Å². The smallest absolute Gasteiger partial charge is 0.247 e. The van der Waals surface area contributed by atoms with Crippen molar-refractivity contribution in [2.45, 2.75) is 26.2 Å². The molecule has 0 bridgehead atoms. The van der Waals surface area contributed by atoms with Crippen molar-refractivity contribution in [1.82, 2.24) is 39.3 Å². The van der Waals surface area contributed by atoms with Gasteiger partial charge in [0.1, 0.15) is 12.1 Å². The number of fused-ring (bicyclic) bond motifs is 3. The summed E-state index contributed by atoms with van der Waals surface area (Å²) < 4.78 is 40.3. The fraction of sp³-hybridized carbons (Fsp3) is 0.302. The average molecular weight is 950 g/mol. The number of likely N-dealkylation sites (tertiary alicyclic amines) is 1. The third kappa shape index (κ3) is 11.2. The van der Waals surface area contributed by atoms with Crippen molar-refractivity contribution in [1.29, 1.82) is 0 Å². The number of hydrogen-bond acceptors (Lipinski definition) is 13. The van der Waals surface area contributed by atoms with Crippen molar-refractivity contribution < 1.29 is 28.1 Å². The van der Waals surface area contributed by atoms with E-state index >= 15 is 4.39 Å². The molecule has 5 heterocycles. The van der Waals surface area contributed by atoms with Gasteiger partial charge in [-0.2, -0.15) is 0 Å². The normalized spacial score (nSPS) is 12.5. The summed E-state index contributed by atoms with van der Waals surface area (Å²) in [5.74, 6) is 1.81. The molecular formula is C53H60FN11O5. The first kappa shape index (κ1) is 48.7. The van der Waals surface area contributed by atoms with E-state index in [2.05, 4.69) is 74.7 Å². The third-order valence-electron chi connectivity index (χ3n) is 12.1. The fourth-order valence-electron chi connectivity index (χ4n) is 8.48. The third-order valence-corrected chi connectivity index (χ3v) is 12.1. The van der Waals surface area contributed by atoms with Crippen molar-refractivity contribution in [2.24, 2.45) is 7.05 Å². The molecule has 0 aliphatic carbocycles. The lowest BCUT2D eigenvalue weighted by Crippen LogP contribution is -2.29. The van der Waals surface area contributed by atoms with Gasteiger partial charge in [-0.3, -0.25) is 4.79 Å². The van der Waals surface area contributed by atoms with Gasteiger partial charge in [-0.25, -0.2) is 24.3 Å². The van der Waals surface area contributed by atoms with Crippen molar-refractivity contribution in [3.05, 3.63) is 116 Å². The minimum atomic E-state index is -0.437. The lowest BCUT2D eigenvalue weighted by molar-refractivity contribution is -0.111. The summed E-state index contributed by atoms with van der Waals surface area (Å²) in [5, 5.41) is 8.40. The lowest BCUT2D eigenvalue weighted by atomic mass is 10.1. The van der Waals surface area contributed by atoms with Gasteiger partial charge in [-0.1, -0.05) is 24.8 Å². The predicted molar refractivity (Wildman–Crippen MR) is 276 cm³/mol. The summed E-state index contributed by atoms with van der Waals surface area (Å²) in [6, 6.07) is 22.6. The Labute approximate surface area is 407 Å². The maximum Gasteiger partial charge on any atom is 0.247 e. The number of nitrogens with zero attached hydrogens (tertiary/aromatic N) is 8. The SMILES string of the molecule is C=CC(=O)Nc1cc(Nc2nccc(-c3cn(C)c4ccccc34)n2)c(OC)cc1N(C)CCN(C)C.COc1cc2c(Oc3ccc4[nH]c(C)cc4c3F)ncnc2cc1OCCCN1CCCC1. The second kappa shape index (κ2) is 22.1. The van der Waals surface area contributed by atoms with Gasteiger partial charge in [0.15, 0.2) is 23.1 Å². The molecule has 3 N–H and O–H groups in total. The van der Waals surface area contributed by atoms with Crippen LogP contribution in [0.15, 0.2) is 104 Å². The first-order valence-electron chi connectivity index (χ1n) is 23.2. The number of halogens is 1. The van der Waals surface area contributed by atoms with E-state index in [-0.39, 0.29) is 17.5 Å². The van der Waals surface area contributed by atoms with Crippen LogP contribution < -0.4 is 34.5 Å². The Hall–Kier alpha value is -7.76. The van der Waals surface area contributed by atoms with Crippen molar-refractivity contribution >= 4 is 61.6 Å². The van der Waals surface area contributed by atoms with E-state index in [4.69, 9.17) is 23.9 Å². The molecule has 0 saturated carbocycles. The summed E-state index contributed by atoms with van der Waals surface area (Å²) in [7, 11) is 11.2.